The van der Waals surface area contributed by atoms with Crippen LogP contribution in [0.4, 0.5) is 10.1 Å². The Morgan fingerprint density at radius 2 is 1.67 bits per heavy atom. The number of carbonyl (C=O) groups excluding carboxylic acids is 1. The summed E-state index contributed by atoms with van der Waals surface area (Å²) in [7, 11) is 0. The largest absolute Gasteiger partial charge is 0.396 e. The number of hydrogen-bond acceptors (Lipinski definition) is 2. The molecule has 0 aliphatic carbocycles. The normalized spacial score (nSPS) is 11.2. The minimum Gasteiger partial charge on any atom is -0.396 e. The monoisotopic (exact) mass is 294 g/mol. The van der Waals surface area contributed by atoms with Crippen LogP contribution in [0.3, 0.4) is 0 Å². The van der Waals surface area contributed by atoms with Crippen molar-refractivity contribution in [2.45, 2.75) is 40.5 Å². The van der Waals surface area contributed by atoms with E-state index in [0.717, 1.165) is 12.8 Å². The Morgan fingerprint density at radius 3 is 2.14 bits per heavy atom. The molecule has 0 radical (unpaired) electrons. The summed E-state index contributed by atoms with van der Waals surface area (Å²) in [6.45, 7) is 9.87. The van der Waals surface area contributed by atoms with Gasteiger partial charge in [0.15, 0.2) is 0 Å². The number of amides is 1. The van der Waals surface area contributed by atoms with Gasteiger partial charge in [-0.15, -0.1) is 0 Å². The lowest BCUT2D eigenvalue weighted by molar-refractivity contribution is 0.0741. The molecule has 3 nitrogen and oxygen atoms in total. The molecule has 0 atom stereocenters. The second-order valence-corrected chi connectivity index (χ2v) is 6.36. The Bertz CT molecular complexity index is 460. The molecule has 0 aromatic heterocycles. The summed E-state index contributed by atoms with van der Waals surface area (Å²) in [6, 6.07) is 4.40. The number of benzene rings is 1. The van der Waals surface area contributed by atoms with Crippen LogP contribution in [0.15, 0.2) is 18.2 Å². The van der Waals surface area contributed by atoms with E-state index in [2.05, 4.69) is 27.7 Å². The fourth-order valence-corrected chi connectivity index (χ4v) is 2.04. The molecule has 118 valence electrons. The number of nitrogen functional groups attached to an aromatic ring is 1. The average Bonchev–Trinajstić information content (AvgIpc) is 2.40. The van der Waals surface area contributed by atoms with E-state index in [4.69, 9.17) is 5.73 Å². The molecule has 0 saturated heterocycles. The molecule has 0 bridgehead atoms. The standard InChI is InChI=1S/C17H27FN2O/c1-12(2)8-10-20(11-9-13(3)4)17(21)14-6-5-7-15(18)16(14)19/h5-7,12-13H,8-11,19H2,1-4H3. The molecule has 2 N–H and O–H groups in total. The van der Waals surface area contributed by atoms with E-state index in [0.29, 0.717) is 24.9 Å². The molecular weight excluding hydrogens is 267 g/mol. The molecule has 1 rings (SSSR count). The van der Waals surface area contributed by atoms with E-state index in [1.165, 1.54) is 12.1 Å². The first-order valence-corrected chi connectivity index (χ1v) is 7.66. The topological polar surface area (TPSA) is 46.3 Å². The number of nitrogens with two attached hydrogens (primary N) is 1. The van der Waals surface area contributed by atoms with Crippen molar-refractivity contribution >= 4 is 11.6 Å². The lowest BCUT2D eigenvalue weighted by atomic mass is 10.1. The Balaban J connectivity index is 2.89. The zero-order valence-corrected chi connectivity index (χ0v) is 13.5. The predicted octanol–water partition coefficient (Wildman–Crippen LogP) is 3.94. The predicted molar refractivity (Wildman–Crippen MR) is 85.6 cm³/mol. The molecule has 0 spiro atoms. The molecule has 0 fully saturated rings. The Morgan fingerprint density at radius 1 is 1.14 bits per heavy atom. The highest BCUT2D eigenvalue weighted by molar-refractivity contribution is 5.99. The number of rotatable bonds is 7. The highest BCUT2D eigenvalue weighted by Gasteiger charge is 2.19. The van der Waals surface area contributed by atoms with Crippen LogP contribution in [0, 0.1) is 17.7 Å². The van der Waals surface area contributed by atoms with E-state index < -0.39 is 5.82 Å². The maximum Gasteiger partial charge on any atom is 0.256 e. The van der Waals surface area contributed by atoms with E-state index in [9.17, 15) is 9.18 Å². The second kappa shape index (κ2) is 8.01. The fraction of sp³-hybridized carbons (Fsp3) is 0.588. The van der Waals surface area contributed by atoms with Gasteiger partial charge in [0.05, 0.1) is 11.3 Å². The highest BCUT2D eigenvalue weighted by Crippen LogP contribution is 2.19. The van der Waals surface area contributed by atoms with Crippen LogP contribution in [0.1, 0.15) is 50.9 Å². The molecule has 4 heteroatoms. The minimum absolute atomic E-state index is 0.0541. The Labute approximate surface area is 127 Å². The fourth-order valence-electron chi connectivity index (χ4n) is 2.04. The van der Waals surface area contributed by atoms with Crippen LogP contribution in [0.25, 0.3) is 0 Å². The van der Waals surface area contributed by atoms with Gasteiger partial charge in [-0.05, 0) is 36.8 Å². The smallest absolute Gasteiger partial charge is 0.256 e. The first kappa shape index (κ1) is 17.5. The maximum absolute atomic E-state index is 13.5. The third-order valence-electron chi connectivity index (χ3n) is 3.52. The number of carbonyl (C=O) groups is 1. The van der Waals surface area contributed by atoms with Gasteiger partial charge in [0.2, 0.25) is 0 Å². The molecule has 0 aliphatic rings. The molecule has 0 unspecified atom stereocenters. The summed E-state index contributed by atoms with van der Waals surface area (Å²) in [6.07, 6.45) is 1.86. The first-order chi connectivity index (χ1) is 9.82. The lowest BCUT2D eigenvalue weighted by Crippen LogP contribution is -2.34. The van der Waals surface area contributed by atoms with E-state index in [1.54, 1.807) is 11.0 Å². The van der Waals surface area contributed by atoms with Gasteiger partial charge in [0.1, 0.15) is 5.82 Å². The van der Waals surface area contributed by atoms with Gasteiger partial charge in [-0.1, -0.05) is 33.8 Å². The number of halogens is 1. The molecule has 0 aliphatic heterocycles. The van der Waals surface area contributed by atoms with Gasteiger partial charge in [-0.2, -0.15) is 0 Å². The third kappa shape index (κ3) is 5.37. The summed E-state index contributed by atoms with van der Waals surface area (Å²) in [4.78, 5) is 14.4. The van der Waals surface area contributed by atoms with Gasteiger partial charge in [0.25, 0.3) is 5.91 Å². The van der Waals surface area contributed by atoms with Crippen molar-refractivity contribution in [1.82, 2.24) is 4.90 Å². The van der Waals surface area contributed by atoms with E-state index in [-0.39, 0.29) is 17.2 Å². The summed E-state index contributed by atoms with van der Waals surface area (Å²) >= 11 is 0. The summed E-state index contributed by atoms with van der Waals surface area (Å²) < 4.78 is 13.5. The number of nitrogens with zero attached hydrogens (tertiary/aromatic N) is 1. The SMILES string of the molecule is CC(C)CCN(CCC(C)C)C(=O)c1cccc(F)c1N. The third-order valence-corrected chi connectivity index (χ3v) is 3.52. The molecular formula is C17H27FN2O. The van der Waals surface area contributed by atoms with E-state index >= 15 is 0 Å². The molecule has 21 heavy (non-hydrogen) atoms. The van der Waals surface area contributed by atoms with Gasteiger partial charge < -0.3 is 10.6 Å². The Kier molecular flexibility index (Phi) is 6.66. The lowest BCUT2D eigenvalue weighted by Gasteiger charge is -2.25. The van der Waals surface area contributed by atoms with Crippen LogP contribution >= 0.6 is 0 Å². The summed E-state index contributed by atoms with van der Waals surface area (Å²) in [5.74, 6) is 0.329. The minimum atomic E-state index is -0.534. The maximum atomic E-state index is 13.5. The zero-order valence-electron chi connectivity index (χ0n) is 13.5. The van der Waals surface area contributed by atoms with E-state index in [1.807, 2.05) is 0 Å². The van der Waals surface area contributed by atoms with Crippen LogP contribution in [-0.2, 0) is 0 Å². The number of para-hydroxylation sites is 1. The molecule has 0 heterocycles. The number of hydrogen-bond donors (Lipinski definition) is 1. The van der Waals surface area contributed by atoms with Crippen LogP contribution in [-0.4, -0.2) is 23.9 Å². The van der Waals surface area contributed by atoms with Crippen molar-refractivity contribution in [2.24, 2.45) is 11.8 Å². The van der Waals surface area contributed by atoms with Crippen LogP contribution in [0.2, 0.25) is 0 Å². The van der Waals surface area contributed by atoms with Gasteiger partial charge in [-0.25, -0.2) is 4.39 Å². The zero-order chi connectivity index (χ0) is 16.0. The van der Waals surface area contributed by atoms with Crippen molar-refractivity contribution in [1.29, 1.82) is 0 Å². The quantitative estimate of drug-likeness (QED) is 0.774. The average molecular weight is 294 g/mol. The van der Waals surface area contributed by atoms with Crippen molar-refractivity contribution in [2.75, 3.05) is 18.8 Å². The van der Waals surface area contributed by atoms with Crippen molar-refractivity contribution in [3.63, 3.8) is 0 Å². The molecule has 1 aromatic carbocycles. The van der Waals surface area contributed by atoms with Gasteiger partial charge in [0, 0.05) is 13.1 Å². The van der Waals surface area contributed by atoms with Crippen LogP contribution in [0.5, 0.6) is 0 Å². The van der Waals surface area contributed by atoms with Gasteiger partial charge >= 0.3 is 0 Å². The summed E-state index contributed by atoms with van der Waals surface area (Å²) in [5.41, 5.74) is 5.92. The molecule has 1 aromatic rings. The van der Waals surface area contributed by atoms with Crippen molar-refractivity contribution in [3.8, 4) is 0 Å². The number of anilines is 1. The Hall–Kier alpha value is -1.58. The van der Waals surface area contributed by atoms with Crippen molar-refractivity contribution in [3.05, 3.63) is 29.6 Å². The highest BCUT2D eigenvalue weighted by atomic mass is 19.1. The molecule has 0 saturated carbocycles. The second-order valence-electron chi connectivity index (χ2n) is 6.36. The molecule has 1 amide bonds. The van der Waals surface area contributed by atoms with Gasteiger partial charge in [-0.3, -0.25) is 4.79 Å². The van der Waals surface area contributed by atoms with Crippen LogP contribution < -0.4 is 5.73 Å². The first-order valence-electron chi connectivity index (χ1n) is 7.66. The van der Waals surface area contributed by atoms with Crippen molar-refractivity contribution < 1.29 is 9.18 Å². The summed E-state index contributed by atoms with van der Waals surface area (Å²) in [5, 5.41) is 0.